The van der Waals surface area contributed by atoms with Crippen molar-refractivity contribution in [3.05, 3.63) is 79.0 Å². The molecular weight excluding hydrogens is 450 g/mol. The number of fused-ring (bicyclic) bond motifs is 1. The van der Waals surface area contributed by atoms with Gasteiger partial charge in [-0.05, 0) is 74.0 Å². The number of pyridine rings is 1. The zero-order chi connectivity index (χ0) is 24.3. The Hall–Kier alpha value is -4.17. The van der Waals surface area contributed by atoms with Crippen molar-refractivity contribution in [2.75, 3.05) is 31.6 Å². The number of benzene rings is 2. The Morgan fingerprint density at radius 2 is 1.61 bits per heavy atom. The SMILES string of the molecule is Cn1nccc1-c1ccc(-c2cccc3nc(Nc4ccc(OCCN5CCCC5)cc4)nn23)cc1. The number of hydrogen-bond donors (Lipinski definition) is 1. The highest BCUT2D eigenvalue weighted by molar-refractivity contribution is 5.69. The van der Waals surface area contributed by atoms with Gasteiger partial charge in [-0.3, -0.25) is 9.58 Å². The smallest absolute Gasteiger partial charge is 0.247 e. The van der Waals surface area contributed by atoms with Gasteiger partial charge < -0.3 is 10.1 Å². The molecule has 0 unspecified atom stereocenters. The van der Waals surface area contributed by atoms with Crippen LogP contribution >= 0.6 is 0 Å². The summed E-state index contributed by atoms with van der Waals surface area (Å²) in [6.45, 7) is 4.08. The molecule has 182 valence electrons. The van der Waals surface area contributed by atoms with Crippen molar-refractivity contribution >= 4 is 17.3 Å². The summed E-state index contributed by atoms with van der Waals surface area (Å²) in [5.41, 5.74) is 5.95. The molecule has 0 atom stereocenters. The molecule has 0 radical (unpaired) electrons. The molecule has 36 heavy (non-hydrogen) atoms. The minimum absolute atomic E-state index is 0.552. The Bertz CT molecular complexity index is 1450. The fourth-order valence-corrected chi connectivity index (χ4v) is 4.71. The first-order valence-electron chi connectivity index (χ1n) is 12.4. The molecule has 8 heteroatoms. The van der Waals surface area contributed by atoms with Crippen molar-refractivity contribution in [2.45, 2.75) is 12.8 Å². The van der Waals surface area contributed by atoms with E-state index in [-0.39, 0.29) is 0 Å². The van der Waals surface area contributed by atoms with Crippen LogP contribution in [-0.2, 0) is 7.05 Å². The van der Waals surface area contributed by atoms with Gasteiger partial charge in [-0.2, -0.15) is 10.1 Å². The van der Waals surface area contributed by atoms with E-state index in [4.69, 9.17) is 9.84 Å². The summed E-state index contributed by atoms with van der Waals surface area (Å²) in [6, 6.07) is 24.4. The molecule has 8 nitrogen and oxygen atoms in total. The van der Waals surface area contributed by atoms with Crippen LogP contribution in [0, 0.1) is 0 Å². The van der Waals surface area contributed by atoms with Gasteiger partial charge in [0.1, 0.15) is 12.4 Å². The molecule has 0 amide bonds. The van der Waals surface area contributed by atoms with E-state index in [0.29, 0.717) is 12.6 Å². The van der Waals surface area contributed by atoms with Crippen molar-refractivity contribution in [2.24, 2.45) is 7.05 Å². The molecule has 1 aliphatic rings. The number of aromatic nitrogens is 5. The first-order valence-corrected chi connectivity index (χ1v) is 12.4. The van der Waals surface area contributed by atoms with Crippen LogP contribution < -0.4 is 10.1 Å². The van der Waals surface area contributed by atoms with Crippen LogP contribution in [0.25, 0.3) is 28.2 Å². The lowest BCUT2D eigenvalue weighted by atomic mass is 10.1. The van der Waals surface area contributed by atoms with E-state index in [1.807, 2.05) is 64.9 Å². The number of likely N-dealkylation sites (tertiary alicyclic amines) is 1. The predicted octanol–water partition coefficient (Wildman–Crippen LogP) is 5.02. The van der Waals surface area contributed by atoms with Crippen LogP contribution in [0.15, 0.2) is 79.0 Å². The van der Waals surface area contributed by atoms with Gasteiger partial charge in [-0.15, -0.1) is 5.10 Å². The average molecular weight is 480 g/mol. The van der Waals surface area contributed by atoms with E-state index in [1.54, 1.807) is 0 Å². The van der Waals surface area contributed by atoms with Crippen LogP contribution in [0.2, 0.25) is 0 Å². The molecule has 1 fully saturated rings. The second-order valence-electron chi connectivity index (χ2n) is 9.08. The molecule has 0 aliphatic carbocycles. The number of ether oxygens (including phenoxy) is 1. The van der Waals surface area contributed by atoms with E-state index < -0.39 is 0 Å². The standard InChI is InChI=1S/C28H29N7O/c1-33-25(15-16-29-33)21-7-9-22(10-8-21)26-5-4-6-27-31-28(32-35(26)27)30-23-11-13-24(14-12-23)36-20-19-34-17-2-3-18-34/h4-16H,2-3,17-20H2,1H3,(H,30,32). The Morgan fingerprint density at radius 1 is 0.861 bits per heavy atom. The summed E-state index contributed by atoms with van der Waals surface area (Å²) in [6.07, 6.45) is 4.42. The van der Waals surface area contributed by atoms with Gasteiger partial charge in [-0.25, -0.2) is 4.52 Å². The van der Waals surface area contributed by atoms with E-state index in [0.717, 1.165) is 46.1 Å². The highest BCUT2D eigenvalue weighted by atomic mass is 16.5. The van der Waals surface area contributed by atoms with Crippen LogP contribution in [0.3, 0.4) is 0 Å². The molecule has 0 spiro atoms. The highest BCUT2D eigenvalue weighted by Gasteiger charge is 2.12. The summed E-state index contributed by atoms with van der Waals surface area (Å²) in [7, 11) is 1.95. The van der Waals surface area contributed by atoms with Gasteiger partial charge in [-0.1, -0.05) is 30.3 Å². The molecule has 5 aromatic rings. The Kier molecular flexibility index (Phi) is 6.09. The second kappa shape index (κ2) is 9.83. The van der Waals surface area contributed by atoms with E-state index in [1.165, 1.54) is 25.9 Å². The summed E-state index contributed by atoms with van der Waals surface area (Å²) < 4.78 is 9.66. The number of nitrogens with zero attached hydrogens (tertiary/aromatic N) is 6. The number of anilines is 2. The van der Waals surface area contributed by atoms with Gasteiger partial charge in [0.05, 0.1) is 11.4 Å². The third-order valence-corrected chi connectivity index (χ3v) is 6.64. The maximum Gasteiger partial charge on any atom is 0.247 e. The Morgan fingerprint density at radius 3 is 2.33 bits per heavy atom. The normalized spacial score (nSPS) is 13.9. The summed E-state index contributed by atoms with van der Waals surface area (Å²) in [4.78, 5) is 7.13. The molecule has 2 aromatic carbocycles. The lowest BCUT2D eigenvalue weighted by Crippen LogP contribution is -2.25. The summed E-state index contributed by atoms with van der Waals surface area (Å²) in [5.74, 6) is 1.43. The predicted molar refractivity (Wildman–Crippen MR) is 142 cm³/mol. The molecule has 0 bridgehead atoms. The third kappa shape index (κ3) is 4.67. The molecule has 6 rings (SSSR count). The summed E-state index contributed by atoms with van der Waals surface area (Å²) in [5, 5.41) is 12.3. The van der Waals surface area contributed by atoms with Crippen LogP contribution in [0.1, 0.15) is 12.8 Å². The van der Waals surface area contributed by atoms with E-state index in [2.05, 4.69) is 50.6 Å². The van der Waals surface area contributed by atoms with Crippen LogP contribution in [-0.4, -0.2) is 55.5 Å². The Labute approximate surface area is 210 Å². The molecule has 1 aliphatic heterocycles. The molecule has 1 N–H and O–H groups in total. The molecule has 4 heterocycles. The molecule has 0 saturated carbocycles. The zero-order valence-corrected chi connectivity index (χ0v) is 20.3. The van der Waals surface area contributed by atoms with Crippen molar-refractivity contribution < 1.29 is 4.74 Å². The minimum atomic E-state index is 0.552. The number of rotatable bonds is 8. The van der Waals surface area contributed by atoms with E-state index >= 15 is 0 Å². The molecule has 3 aromatic heterocycles. The quantitative estimate of drug-likeness (QED) is 0.337. The van der Waals surface area contributed by atoms with Gasteiger partial charge in [0.15, 0.2) is 5.65 Å². The van der Waals surface area contributed by atoms with Crippen LogP contribution in [0.4, 0.5) is 11.6 Å². The fourth-order valence-electron chi connectivity index (χ4n) is 4.71. The van der Waals surface area contributed by atoms with Gasteiger partial charge in [0.25, 0.3) is 0 Å². The van der Waals surface area contributed by atoms with E-state index in [9.17, 15) is 0 Å². The van der Waals surface area contributed by atoms with Crippen LogP contribution in [0.5, 0.6) is 5.75 Å². The van der Waals surface area contributed by atoms with Crippen molar-refractivity contribution in [3.63, 3.8) is 0 Å². The average Bonchev–Trinajstić information content (AvgIpc) is 3.66. The number of aryl methyl sites for hydroxylation is 1. The van der Waals surface area contributed by atoms with Crippen molar-refractivity contribution in [3.8, 4) is 28.3 Å². The second-order valence-corrected chi connectivity index (χ2v) is 9.08. The maximum atomic E-state index is 5.91. The third-order valence-electron chi connectivity index (χ3n) is 6.64. The maximum absolute atomic E-state index is 5.91. The topological polar surface area (TPSA) is 72.5 Å². The molecule has 1 saturated heterocycles. The van der Waals surface area contributed by atoms with Crippen molar-refractivity contribution in [1.82, 2.24) is 29.3 Å². The van der Waals surface area contributed by atoms with Crippen molar-refractivity contribution in [1.29, 1.82) is 0 Å². The lowest BCUT2D eigenvalue weighted by molar-refractivity contribution is 0.238. The fraction of sp³-hybridized carbons (Fsp3) is 0.250. The van der Waals surface area contributed by atoms with Gasteiger partial charge >= 0.3 is 0 Å². The minimum Gasteiger partial charge on any atom is -0.492 e. The Balaban J connectivity index is 1.15. The zero-order valence-electron chi connectivity index (χ0n) is 20.3. The number of hydrogen-bond acceptors (Lipinski definition) is 6. The van der Waals surface area contributed by atoms with Gasteiger partial charge in [0.2, 0.25) is 5.95 Å². The summed E-state index contributed by atoms with van der Waals surface area (Å²) >= 11 is 0. The first-order chi connectivity index (χ1) is 17.7. The first kappa shape index (κ1) is 22.3. The number of nitrogens with one attached hydrogen (secondary N) is 1. The largest absolute Gasteiger partial charge is 0.492 e. The molecular formula is C28H29N7O. The monoisotopic (exact) mass is 479 g/mol. The highest BCUT2D eigenvalue weighted by Crippen LogP contribution is 2.26. The lowest BCUT2D eigenvalue weighted by Gasteiger charge is -2.15. The van der Waals surface area contributed by atoms with Gasteiger partial charge in [0, 0.05) is 31.0 Å².